The fourth-order valence-corrected chi connectivity index (χ4v) is 3.70. The molecule has 0 heterocycles. The standard InChI is InChI=1S/C19H19F2N3O3S/c1-24(28(26,27)15-10-8-14(20)9-11-15)12-4-7-19(25)23-18(13-22)16-5-2-3-6-17(16)21/h2-3,5-6,8-11,18H,4,7,12H2,1H3,(H,23,25). The topological polar surface area (TPSA) is 90.3 Å². The predicted molar refractivity (Wildman–Crippen MR) is 98.3 cm³/mol. The number of amides is 1. The first-order chi connectivity index (χ1) is 13.3. The number of nitrogens with zero attached hydrogens (tertiary/aromatic N) is 2. The molecule has 0 aromatic heterocycles. The van der Waals surface area contributed by atoms with Gasteiger partial charge in [-0.1, -0.05) is 18.2 Å². The van der Waals surface area contributed by atoms with Crippen molar-refractivity contribution >= 4 is 15.9 Å². The molecule has 2 aromatic rings. The Labute approximate surface area is 162 Å². The Balaban J connectivity index is 1.90. The summed E-state index contributed by atoms with van der Waals surface area (Å²) >= 11 is 0. The maximum absolute atomic E-state index is 13.8. The van der Waals surface area contributed by atoms with Gasteiger partial charge >= 0.3 is 0 Å². The van der Waals surface area contributed by atoms with Crippen LogP contribution in [0.1, 0.15) is 24.4 Å². The lowest BCUT2D eigenvalue weighted by atomic mass is 10.1. The highest BCUT2D eigenvalue weighted by molar-refractivity contribution is 7.89. The number of rotatable bonds is 8. The van der Waals surface area contributed by atoms with Crippen molar-refractivity contribution in [1.82, 2.24) is 9.62 Å². The number of carbonyl (C=O) groups is 1. The smallest absolute Gasteiger partial charge is 0.242 e. The molecule has 148 valence electrons. The van der Waals surface area contributed by atoms with Gasteiger partial charge < -0.3 is 5.32 Å². The first kappa shape index (κ1) is 21.5. The number of hydrogen-bond acceptors (Lipinski definition) is 4. The Kier molecular flexibility index (Phi) is 7.20. The summed E-state index contributed by atoms with van der Waals surface area (Å²) in [5, 5.41) is 11.6. The summed E-state index contributed by atoms with van der Waals surface area (Å²) < 4.78 is 52.5. The van der Waals surface area contributed by atoms with E-state index in [0.717, 1.165) is 16.4 Å². The van der Waals surface area contributed by atoms with Gasteiger partial charge in [0.05, 0.1) is 11.0 Å². The molecule has 2 rings (SSSR count). The molecule has 0 saturated heterocycles. The first-order valence-electron chi connectivity index (χ1n) is 8.41. The molecule has 1 atom stereocenters. The van der Waals surface area contributed by atoms with E-state index in [1.54, 1.807) is 6.07 Å². The number of nitriles is 1. The molecule has 28 heavy (non-hydrogen) atoms. The van der Waals surface area contributed by atoms with Crippen LogP contribution in [0.2, 0.25) is 0 Å². The van der Waals surface area contributed by atoms with E-state index < -0.39 is 33.6 Å². The highest BCUT2D eigenvalue weighted by atomic mass is 32.2. The van der Waals surface area contributed by atoms with Crippen molar-refractivity contribution in [2.24, 2.45) is 0 Å². The summed E-state index contributed by atoms with van der Waals surface area (Å²) in [7, 11) is -2.44. The zero-order chi connectivity index (χ0) is 20.7. The van der Waals surface area contributed by atoms with E-state index in [2.05, 4.69) is 5.32 Å². The third kappa shape index (κ3) is 5.34. The molecular formula is C19H19F2N3O3S. The maximum Gasteiger partial charge on any atom is 0.242 e. The van der Waals surface area contributed by atoms with Gasteiger partial charge in [-0.15, -0.1) is 0 Å². The predicted octanol–water partition coefficient (Wildman–Crippen LogP) is 2.75. The Morgan fingerprint density at radius 1 is 1.18 bits per heavy atom. The van der Waals surface area contributed by atoms with Crippen molar-refractivity contribution in [2.45, 2.75) is 23.8 Å². The lowest BCUT2D eigenvalue weighted by molar-refractivity contribution is -0.121. The summed E-state index contributed by atoms with van der Waals surface area (Å²) in [5.41, 5.74) is 0.0642. The van der Waals surface area contributed by atoms with E-state index in [1.165, 1.54) is 37.4 Å². The number of carbonyl (C=O) groups excluding carboxylic acids is 1. The Hall–Kier alpha value is -2.83. The number of nitrogens with one attached hydrogen (secondary N) is 1. The molecule has 1 amide bonds. The second-order valence-corrected chi connectivity index (χ2v) is 8.08. The van der Waals surface area contributed by atoms with E-state index >= 15 is 0 Å². The summed E-state index contributed by atoms with van der Waals surface area (Å²) in [4.78, 5) is 12.0. The fourth-order valence-electron chi connectivity index (χ4n) is 2.49. The molecule has 2 aromatic carbocycles. The van der Waals surface area contributed by atoms with Gasteiger partial charge in [-0.05, 0) is 36.8 Å². The third-order valence-electron chi connectivity index (χ3n) is 4.05. The molecule has 0 radical (unpaired) electrons. The molecule has 0 saturated carbocycles. The van der Waals surface area contributed by atoms with Crippen molar-refractivity contribution in [2.75, 3.05) is 13.6 Å². The quantitative estimate of drug-likeness (QED) is 0.729. The fraction of sp³-hybridized carbons (Fsp3) is 0.263. The molecule has 0 aliphatic rings. The SMILES string of the molecule is CN(CCCC(=O)NC(C#N)c1ccccc1F)S(=O)(=O)c1ccc(F)cc1. The summed E-state index contributed by atoms with van der Waals surface area (Å²) in [6.07, 6.45) is 0.147. The number of sulfonamides is 1. The molecule has 9 heteroatoms. The van der Waals surface area contributed by atoms with Gasteiger partial charge in [-0.25, -0.2) is 21.5 Å². The Morgan fingerprint density at radius 2 is 1.82 bits per heavy atom. The molecule has 6 nitrogen and oxygen atoms in total. The highest BCUT2D eigenvalue weighted by Crippen LogP contribution is 2.17. The van der Waals surface area contributed by atoms with Crippen LogP contribution in [0.3, 0.4) is 0 Å². The third-order valence-corrected chi connectivity index (χ3v) is 5.92. The molecule has 1 unspecified atom stereocenters. The maximum atomic E-state index is 13.8. The van der Waals surface area contributed by atoms with Gasteiger partial charge in [0, 0.05) is 25.6 Å². The van der Waals surface area contributed by atoms with Crippen molar-refractivity contribution in [1.29, 1.82) is 5.26 Å². The van der Waals surface area contributed by atoms with E-state index in [0.29, 0.717) is 0 Å². The zero-order valence-electron chi connectivity index (χ0n) is 15.1. The van der Waals surface area contributed by atoms with Crippen molar-refractivity contribution in [3.8, 4) is 6.07 Å². The van der Waals surface area contributed by atoms with Crippen LogP contribution in [0.25, 0.3) is 0 Å². The summed E-state index contributed by atoms with van der Waals surface area (Å²) in [5.74, 6) is -1.64. The van der Waals surface area contributed by atoms with Crippen LogP contribution in [-0.2, 0) is 14.8 Å². The molecule has 0 aliphatic carbocycles. The van der Waals surface area contributed by atoms with Crippen LogP contribution >= 0.6 is 0 Å². The van der Waals surface area contributed by atoms with Crippen LogP contribution in [0.4, 0.5) is 8.78 Å². The second kappa shape index (κ2) is 9.39. The minimum Gasteiger partial charge on any atom is -0.337 e. The van der Waals surface area contributed by atoms with Crippen molar-refractivity contribution < 1.29 is 22.0 Å². The first-order valence-corrected chi connectivity index (χ1v) is 9.85. The van der Waals surface area contributed by atoms with E-state index in [1.807, 2.05) is 6.07 Å². The lowest BCUT2D eigenvalue weighted by Crippen LogP contribution is -2.31. The largest absolute Gasteiger partial charge is 0.337 e. The molecule has 0 fully saturated rings. The monoisotopic (exact) mass is 407 g/mol. The van der Waals surface area contributed by atoms with Gasteiger partial charge in [-0.3, -0.25) is 4.79 Å². The zero-order valence-corrected chi connectivity index (χ0v) is 15.9. The van der Waals surface area contributed by atoms with Crippen LogP contribution in [0.5, 0.6) is 0 Å². The molecule has 1 N–H and O–H groups in total. The number of benzene rings is 2. The van der Waals surface area contributed by atoms with Gasteiger partial charge in [0.15, 0.2) is 0 Å². The average Bonchev–Trinajstić information content (AvgIpc) is 2.67. The Bertz CT molecular complexity index is 973. The Morgan fingerprint density at radius 3 is 2.43 bits per heavy atom. The molecule has 0 bridgehead atoms. The molecular weight excluding hydrogens is 388 g/mol. The van der Waals surface area contributed by atoms with E-state index in [-0.39, 0.29) is 29.8 Å². The minimum absolute atomic E-state index is 0.0457. The van der Waals surface area contributed by atoms with Gasteiger partial charge in [0.25, 0.3) is 0 Å². The van der Waals surface area contributed by atoms with Gasteiger partial charge in [-0.2, -0.15) is 5.26 Å². The van der Waals surface area contributed by atoms with Gasteiger partial charge in [0.1, 0.15) is 17.7 Å². The number of halogens is 2. The van der Waals surface area contributed by atoms with Crippen molar-refractivity contribution in [3.05, 3.63) is 65.7 Å². The van der Waals surface area contributed by atoms with E-state index in [9.17, 15) is 27.3 Å². The van der Waals surface area contributed by atoms with Gasteiger partial charge in [0.2, 0.25) is 15.9 Å². The van der Waals surface area contributed by atoms with Crippen molar-refractivity contribution in [3.63, 3.8) is 0 Å². The second-order valence-electron chi connectivity index (χ2n) is 6.04. The van der Waals surface area contributed by atoms with Crippen LogP contribution < -0.4 is 5.32 Å². The van der Waals surface area contributed by atoms with Crippen LogP contribution in [-0.4, -0.2) is 32.2 Å². The summed E-state index contributed by atoms with van der Waals surface area (Å²) in [6.45, 7) is 0.0457. The lowest BCUT2D eigenvalue weighted by Gasteiger charge is -2.17. The number of hydrogen-bond donors (Lipinski definition) is 1. The minimum atomic E-state index is -3.80. The molecule has 0 spiro atoms. The normalized spacial score (nSPS) is 12.4. The van der Waals surface area contributed by atoms with Crippen LogP contribution in [0, 0.1) is 23.0 Å². The average molecular weight is 407 g/mol. The summed E-state index contributed by atoms with van der Waals surface area (Å²) in [6, 6.07) is 10.8. The highest BCUT2D eigenvalue weighted by Gasteiger charge is 2.21. The van der Waals surface area contributed by atoms with Crippen LogP contribution in [0.15, 0.2) is 53.4 Å². The van der Waals surface area contributed by atoms with E-state index in [4.69, 9.17) is 0 Å². The molecule has 0 aliphatic heterocycles.